The molecule has 1 heterocycles. The zero-order chi connectivity index (χ0) is 20.3. The number of hydrogen-bond donors (Lipinski definition) is 1. The minimum atomic E-state index is -3.50. The summed E-state index contributed by atoms with van der Waals surface area (Å²) < 4.78 is 36.7. The molecule has 0 bridgehead atoms. The van der Waals surface area contributed by atoms with Crippen molar-refractivity contribution in [3.05, 3.63) is 60.2 Å². The molecular weight excluding hydrogens is 390 g/mol. The summed E-state index contributed by atoms with van der Waals surface area (Å²) in [6, 6.07) is 15.4. The topological polar surface area (TPSA) is 76.1 Å². The number of sulfone groups is 1. The Kier molecular flexibility index (Phi) is 6.32. The SMILES string of the molecule is O=S(=O)(c1ccccc1)c1ccc(CO[C@@H]2C[C@H](O)[C@@H](N3CCOCC3)C2)cc1. The summed E-state index contributed by atoms with van der Waals surface area (Å²) in [5.41, 5.74) is 0.918. The molecular formula is C22H27NO5S. The largest absolute Gasteiger partial charge is 0.391 e. The third-order valence-electron chi connectivity index (χ3n) is 5.74. The quantitative estimate of drug-likeness (QED) is 0.777. The van der Waals surface area contributed by atoms with Crippen molar-refractivity contribution >= 4 is 9.84 Å². The van der Waals surface area contributed by atoms with Crippen LogP contribution in [0.15, 0.2) is 64.4 Å². The van der Waals surface area contributed by atoms with Gasteiger partial charge in [0.25, 0.3) is 0 Å². The minimum Gasteiger partial charge on any atom is -0.391 e. The van der Waals surface area contributed by atoms with Gasteiger partial charge >= 0.3 is 0 Å². The number of benzene rings is 2. The lowest BCUT2D eigenvalue weighted by Crippen LogP contribution is -2.46. The minimum absolute atomic E-state index is 0.00516. The number of aliphatic hydroxyl groups is 1. The van der Waals surface area contributed by atoms with Gasteiger partial charge in [-0.1, -0.05) is 30.3 Å². The first-order valence-corrected chi connectivity index (χ1v) is 11.5. The normalized spacial score (nSPS) is 25.9. The Bertz CT molecular complexity index is 895. The van der Waals surface area contributed by atoms with E-state index in [1.807, 2.05) is 0 Å². The van der Waals surface area contributed by atoms with Crippen LogP contribution in [-0.4, -0.2) is 63.0 Å². The summed E-state index contributed by atoms with van der Waals surface area (Å²) >= 11 is 0. The number of nitrogens with zero attached hydrogens (tertiary/aromatic N) is 1. The van der Waals surface area contributed by atoms with E-state index in [0.29, 0.717) is 26.2 Å². The lowest BCUT2D eigenvalue weighted by Gasteiger charge is -2.33. The molecule has 2 aromatic rings. The maximum absolute atomic E-state index is 12.7. The third kappa shape index (κ3) is 4.70. The van der Waals surface area contributed by atoms with E-state index in [1.54, 1.807) is 54.6 Å². The predicted octanol–water partition coefficient (Wildman–Crippen LogP) is 2.26. The average molecular weight is 418 g/mol. The summed E-state index contributed by atoms with van der Waals surface area (Å²) in [5, 5.41) is 10.4. The van der Waals surface area contributed by atoms with Crippen LogP contribution in [0.25, 0.3) is 0 Å². The number of hydrogen-bond acceptors (Lipinski definition) is 6. The van der Waals surface area contributed by atoms with Gasteiger partial charge in [0, 0.05) is 25.6 Å². The molecule has 0 aromatic heterocycles. The van der Waals surface area contributed by atoms with E-state index in [9.17, 15) is 13.5 Å². The van der Waals surface area contributed by atoms with Gasteiger partial charge in [0.15, 0.2) is 0 Å². The summed E-state index contributed by atoms with van der Waals surface area (Å²) in [6.07, 6.45) is 1.06. The number of rotatable bonds is 6. The average Bonchev–Trinajstić information content (AvgIpc) is 3.14. The van der Waals surface area contributed by atoms with Crippen molar-refractivity contribution < 1.29 is 23.0 Å². The van der Waals surface area contributed by atoms with Gasteiger partial charge in [0.1, 0.15) is 0 Å². The Balaban J connectivity index is 1.34. The first kappa shape index (κ1) is 20.5. The molecule has 4 rings (SSSR count). The van der Waals surface area contributed by atoms with Crippen LogP contribution < -0.4 is 0 Å². The fourth-order valence-corrected chi connectivity index (χ4v) is 5.38. The molecule has 2 aromatic carbocycles. The van der Waals surface area contributed by atoms with Crippen LogP contribution in [0.5, 0.6) is 0 Å². The van der Waals surface area contributed by atoms with Crippen LogP contribution in [0.2, 0.25) is 0 Å². The van der Waals surface area contributed by atoms with Crippen LogP contribution in [0, 0.1) is 0 Å². The Morgan fingerprint density at radius 3 is 2.31 bits per heavy atom. The lowest BCUT2D eigenvalue weighted by molar-refractivity contribution is -0.0121. The lowest BCUT2D eigenvalue weighted by atomic mass is 10.1. The molecule has 7 heteroatoms. The number of morpholine rings is 1. The monoisotopic (exact) mass is 417 g/mol. The van der Waals surface area contributed by atoms with E-state index in [0.717, 1.165) is 25.1 Å². The van der Waals surface area contributed by atoms with Gasteiger partial charge in [-0.25, -0.2) is 8.42 Å². The summed E-state index contributed by atoms with van der Waals surface area (Å²) in [7, 11) is -3.50. The maximum Gasteiger partial charge on any atom is 0.206 e. The van der Waals surface area contributed by atoms with Crippen molar-refractivity contribution in [3.8, 4) is 0 Å². The van der Waals surface area contributed by atoms with Crippen molar-refractivity contribution in [2.24, 2.45) is 0 Å². The van der Waals surface area contributed by atoms with Gasteiger partial charge in [-0.3, -0.25) is 4.90 Å². The van der Waals surface area contributed by atoms with Crippen LogP contribution in [0.4, 0.5) is 0 Å². The summed E-state index contributed by atoms with van der Waals surface area (Å²) in [6.45, 7) is 3.54. The second-order valence-electron chi connectivity index (χ2n) is 7.65. The highest BCUT2D eigenvalue weighted by atomic mass is 32.2. The van der Waals surface area contributed by atoms with E-state index in [4.69, 9.17) is 9.47 Å². The molecule has 0 spiro atoms. The Morgan fingerprint density at radius 2 is 1.62 bits per heavy atom. The Morgan fingerprint density at radius 1 is 0.966 bits per heavy atom. The van der Waals surface area contributed by atoms with Crippen molar-refractivity contribution in [2.75, 3.05) is 26.3 Å². The van der Waals surface area contributed by atoms with Gasteiger partial charge in [-0.2, -0.15) is 0 Å². The Hall–Kier alpha value is -1.77. The zero-order valence-corrected chi connectivity index (χ0v) is 17.1. The summed E-state index contributed by atoms with van der Waals surface area (Å²) in [5.74, 6) is 0. The molecule has 6 nitrogen and oxygen atoms in total. The second-order valence-corrected chi connectivity index (χ2v) is 9.60. The van der Waals surface area contributed by atoms with Gasteiger partial charge < -0.3 is 14.6 Å². The van der Waals surface area contributed by atoms with Crippen molar-refractivity contribution in [1.82, 2.24) is 4.90 Å². The molecule has 1 saturated heterocycles. The smallest absolute Gasteiger partial charge is 0.206 e. The highest BCUT2D eigenvalue weighted by Gasteiger charge is 2.37. The van der Waals surface area contributed by atoms with Gasteiger partial charge in [0.05, 0.1) is 41.8 Å². The second kappa shape index (κ2) is 8.93. The fourth-order valence-electron chi connectivity index (χ4n) is 4.10. The molecule has 1 aliphatic carbocycles. The third-order valence-corrected chi connectivity index (χ3v) is 7.53. The molecule has 1 saturated carbocycles. The molecule has 3 atom stereocenters. The molecule has 0 amide bonds. The Labute approximate surface area is 172 Å². The zero-order valence-electron chi connectivity index (χ0n) is 16.3. The molecule has 0 radical (unpaired) electrons. The molecule has 2 aliphatic rings. The highest BCUT2D eigenvalue weighted by Crippen LogP contribution is 2.28. The van der Waals surface area contributed by atoms with Crippen molar-refractivity contribution in [1.29, 1.82) is 0 Å². The molecule has 1 aliphatic heterocycles. The van der Waals surface area contributed by atoms with Crippen LogP contribution in [-0.2, 0) is 25.9 Å². The van der Waals surface area contributed by atoms with E-state index >= 15 is 0 Å². The van der Waals surface area contributed by atoms with Crippen molar-refractivity contribution in [3.63, 3.8) is 0 Å². The molecule has 29 heavy (non-hydrogen) atoms. The van der Waals surface area contributed by atoms with Crippen LogP contribution in [0.1, 0.15) is 18.4 Å². The van der Waals surface area contributed by atoms with E-state index in [1.165, 1.54) is 0 Å². The van der Waals surface area contributed by atoms with Gasteiger partial charge in [-0.15, -0.1) is 0 Å². The molecule has 1 N–H and O–H groups in total. The highest BCUT2D eigenvalue weighted by molar-refractivity contribution is 7.91. The van der Waals surface area contributed by atoms with E-state index in [2.05, 4.69) is 4.90 Å². The van der Waals surface area contributed by atoms with Gasteiger partial charge in [0.2, 0.25) is 9.84 Å². The molecule has 0 unspecified atom stereocenters. The maximum atomic E-state index is 12.7. The number of aliphatic hydroxyl groups excluding tert-OH is 1. The fraction of sp³-hybridized carbons (Fsp3) is 0.455. The standard InChI is InChI=1S/C22H27NO5S/c24-22-15-18(14-21(22)23-10-12-27-13-11-23)28-16-17-6-8-20(9-7-17)29(25,26)19-4-2-1-3-5-19/h1-9,18,21-22,24H,10-16H2/t18-,21-,22-/m0/s1. The molecule has 2 fully saturated rings. The van der Waals surface area contributed by atoms with Crippen LogP contribution >= 0.6 is 0 Å². The first-order chi connectivity index (χ1) is 14.0. The van der Waals surface area contributed by atoms with E-state index in [-0.39, 0.29) is 28.0 Å². The van der Waals surface area contributed by atoms with Crippen LogP contribution in [0.3, 0.4) is 0 Å². The summed E-state index contributed by atoms with van der Waals surface area (Å²) in [4.78, 5) is 2.86. The first-order valence-electron chi connectivity index (χ1n) is 10.0. The molecule has 156 valence electrons. The van der Waals surface area contributed by atoms with Gasteiger partial charge in [-0.05, 0) is 36.2 Å². The predicted molar refractivity (Wildman–Crippen MR) is 108 cm³/mol. The number of ether oxygens (including phenoxy) is 2. The van der Waals surface area contributed by atoms with Crippen molar-refractivity contribution in [2.45, 2.75) is 47.5 Å². The van der Waals surface area contributed by atoms with E-state index < -0.39 is 9.84 Å².